The lowest BCUT2D eigenvalue weighted by atomic mass is 10.2. The van der Waals surface area contributed by atoms with Crippen molar-refractivity contribution in [3.63, 3.8) is 0 Å². The highest BCUT2D eigenvalue weighted by atomic mass is 16.6. The first-order valence-corrected chi connectivity index (χ1v) is 7.19. The zero-order valence-corrected chi connectivity index (χ0v) is 13.7. The smallest absolute Gasteiger partial charge is 0.408 e. The Balaban J connectivity index is 2.40. The largest absolute Gasteiger partial charge is 0.491 e. The first-order valence-electron chi connectivity index (χ1n) is 7.19. The Morgan fingerprint density at radius 2 is 1.73 bits per heavy atom. The third kappa shape index (κ3) is 7.52. The Morgan fingerprint density at radius 1 is 1.14 bits per heavy atom. The summed E-state index contributed by atoms with van der Waals surface area (Å²) in [5, 5.41) is 5.07. The van der Waals surface area contributed by atoms with Gasteiger partial charge in [-0.1, -0.05) is 0 Å². The van der Waals surface area contributed by atoms with Crippen LogP contribution in [0.5, 0.6) is 5.75 Å². The monoisotopic (exact) mass is 308 g/mol. The van der Waals surface area contributed by atoms with Gasteiger partial charge >= 0.3 is 6.09 Å². The summed E-state index contributed by atoms with van der Waals surface area (Å²) in [6, 6.07) is 7.03. The van der Waals surface area contributed by atoms with E-state index in [1.165, 1.54) is 0 Å². The van der Waals surface area contributed by atoms with Gasteiger partial charge in [0.1, 0.15) is 17.9 Å². The van der Waals surface area contributed by atoms with Crippen LogP contribution in [0.2, 0.25) is 0 Å². The van der Waals surface area contributed by atoms with Gasteiger partial charge in [0, 0.05) is 5.69 Å². The molecule has 1 aromatic carbocycles. The van der Waals surface area contributed by atoms with E-state index in [9.17, 15) is 9.59 Å². The van der Waals surface area contributed by atoms with Gasteiger partial charge in [-0.15, -0.1) is 0 Å². The van der Waals surface area contributed by atoms with E-state index in [4.69, 9.17) is 9.47 Å². The quantitative estimate of drug-likeness (QED) is 0.877. The predicted molar refractivity (Wildman–Crippen MR) is 85.1 cm³/mol. The van der Waals surface area contributed by atoms with Crippen LogP contribution in [-0.4, -0.2) is 30.3 Å². The summed E-state index contributed by atoms with van der Waals surface area (Å²) < 4.78 is 10.6. The summed E-state index contributed by atoms with van der Waals surface area (Å²) in [5.74, 6) is 0.406. The number of hydrogen-bond donors (Lipinski definition) is 2. The molecule has 0 aromatic heterocycles. The van der Waals surface area contributed by atoms with E-state index >= 15 is 0 Å². The van der Waals surface area contributed by atoms with Crippen molar-refractivity contribution in [3.8, 4) is 5.75 Å². The second-order valence-corrected chi connectivity index (χ2v) is 6.09. The second-order valence-electron chi connectivity index (χ2n) is 6.09. The molecule has 0 atom stereocenters. The molecule has 0 aliphatic rings. The molecule has 2 amide bonds. The standard InChI is InChI=1S/C16H24N2O4/c1-11(2)21-13-8-6-12(7-9-13)18-14(19)10-17-15(20)22-16(3,4)5/h6-9,11H,10H2,1-5H3,(H,17,20)(H,18,19). The topological polar surface area (TPSA) is 76.7 Å². The normalized spacial score (nSPS) is 11.0. The summed E-state index contributed by atoms with van der Waals surface area (Å²) in [6.45, 7) is 9.00. The minimum absolute atomic E-state index is 0.0958. The van der Waals surface area contributed by atoms with Crippen LogP contribution >= 0.6 is 0 Å². The van der Waals surface area contributed by atoms with Crippen LogP contribution < -0.4 is 15.4 Å². The van der Waals surface area contributed by atoms with Crippen molar-refractivity contribution in [2.75, 3.05) is 11.9 Å². The molecule has 0 unspecified atom stereocenters. The Labute approximate surface area is 131 Å². The third-order valence-corrected chi connectivity index (χ3v) is 2.30. The molecule has 122 valence electrons. The van der Waals surface area contributed by atoms with Crippen LogP contribution in [-0.2, 0) is 9.53 Å². The van der Waals surface area contributed by atoms with Crippen LogP contribution in [0.15, 0.2) is 24.3 Å². The lowest BCUT2D eigenvalue weighted by Gasteiger charge is -2.19. The molecule has 1 rings (SSSR count). The molecule has 0 aliphatic carbocycles. The van der Waals surface area contributed by atoms with E-state index in [0.29, 0.717) is 5.69 Å². The van der Waals surface area contributed by atoms with Crippen molar-refractivity contribution >= 4 is 17.7 Å². The number of carbonyl (C=O) groups is 2. The third-order valence-electron chi connectivity index (χ3n) is 2.30. The number of amides is 2. The van der Waals surface area contributed by atoms with Gasteiger partial charge in [0.25, 0.3) is 0 Å². The van der Waals surface area contributed by atoms with Crippen LogP contribution in [0.3, 0.4) is 0 Å². The second kappa shape index (κ2) is 7.68. The first-order chi connectivity index (χ1) is 10.2. The maximum absolute atomic E-state index is 11.7. The van der Waals surface area contributed by atoms with Crippen molar-refractivity contribution < 1.29 is 19.1 Å². The van der Waals surface area contributed by atoms with Crippen LogP contribution in [0.25, 0.3) is 0 Å². The van der Waals surface area contributed by atoms with Crippen LogP contribution in [0, 0.1) is 0 Å². The summed E-state index contributed by atoms with van der Waals surface area (Å²) in [7, 11) is 0. The molecule has 0 aliphatic heterocycles. The van der Waals surface area contributed by atoms with E-state index in [1.807, 2.05) is 13.8 Å². The number of anilines is 1. The Bertz CT molecular complexity index is 504. The fraction of sp³-hybridized carbons (Fsp3) is 0.500. The van der Waals surface area contributed by atoms with Gasteiger partial charge in [-0.2, -0.15) is 0 Å². The number of benzene rings is 1. The van der Waals surface area contributed by atoms with Crippen molar-refractivity contribution in [2.45, 2.75) is 46.3 Å². The molecule has 22 heavy (non-hydrogen) atoms. The molecule has 0 bridgehead atoms. The van der Waals surface area contributed by atoms with Crippen molar-refractivity contribution in [2.24, 2.45) is 0 Å². The van der Waals surface area contributed by atoms with E-state index in [2.05, 4.69) is 10.6 Å². The lowest BCUT2D eigenvalue weighted by Crippen LogP contribution is -2.37. The molecule has 0 radical (unpaired) electrons. The van der Waals surface area contributed by atoms with Crippen molar-refractivity contribution in [3.05, 3.63) is 24.3 Å². The minimum atomic E-state index is -0.622. The number of alkyl carbamates (subject to hydrolysis) is 1. The zero-order valence-electron chi connectivity index (χ0n) is 13.7. The van der Waals surface area contributed by atoms with E-state index < -0.39 is 11.7 Å². The maximum Gasteiger partial charge on any atom is 0.408 e. The number of carbonyl (C=O) groups excluding carboxylic acids is 2. The van der Waals surface area contributed by atoms with Gasteiger partial charge in [0.05, 0.1) is 6.10 Å². The van der Waals surface area contributed by atoms with Crippen LogP contribution in [0.4, 0.5) is 10.5 Å². The molecule has 0 spiro atoms. The van der Waals surface area contributed by atoms with Gasteiger partial charge in [0.2, 0.25) is 5.91 Å². The highest BCUT2D eigenvalue weighted by Gasteiger charge is 2.16. The molecule has 6 nitrogen and oxygen atoms in total. The molecule has 0 heterocycles. The summed E-state index contributed by atoms with van der Waals surface area (Å²) in [4.78, 5) is 23.2. The van der Waals surface area contributed by atoms with Gasteiger partial charge < -0.3 is 20.1 Å². The number of ether oxygens (including phenoxy) is 2. The van der Waals surface area contributed by atoms with E-state index in [1.54, 1.807) is 45.0 Å². The molecule has 0 saturated heterocycles. The average molecular weight is 308 g/mol. The SMILES string of the molecule is CC(C)Oc1ccc(NC(=O)CNC(=O)OC(C)(C)C)cc1. The van der Waals surface area contributed by atoms with Gasteiger partial charge in [-0.25, -0.2) is 4.79 Å². The molecule has 6 heteroatoms. The van der Waals surface area contributed by atoms with Crippen LogP contribution in [0.1, 0.15) is 34.6 Å². The molecular weight excluding hydrogens is 284 g/mol. The molecule has 0 saturated carbocycles. The number of nitrogens with one attached hydrogen (secondary N) is 2. The zero-order chi connectivity index (χ0) is 16.8. The average Bonchev–Trinajstić information content (AvgIpc) is 2.36. The number of hydrogen-bond acceptors (Lipinski definition) is 4. The Kier molecular flexibility index (Phi) is 6.22. The fourth-order valence-electron chi connectivity index (χ4n) is 1.56. The Morgan fingerprint density at radius 3 is 2.23 bits per heavy atom. The molecule has 2 N–H and O–H groups in total. The summed E-state index contributed by atoms with van der Waals surface area (Å²) in [5.41, 5.74) is 0.0411. The molecule has 0 fully saturated rings. The van der Waals surface area contributed by atoms with Gasteiger partial charge in [-0.05, 0) is 58.9 Å². The molecule has 1 aromatic rings. The van der Waals surface area contributed by atoms with E-state index in [0.717, 1.165) is 5.75 Å². The minimum Gasteiger partial charge on any atom is -0.491 e. The van der Waals surface area contributed by atoms with E-state index in [-0.39, 0.29) is 18.6 Å². The Hall–Kier alpha value is -2.24. The van der Waals surface area contributed by atoms with Gasteiger partial charge in [-0.3, -0.25) is 4.79 Å². The summed E-state index contributed by atoms with van der Waals surface area (Å²) in [6.07, 6.45) is -0.526. The lowest BCUT2D eigenvalue weighted by molar-refractivity contribution is -0.115. The first kappa shape index (κ1) is 17.8. The highest BCUT2D eigenvalue weighted by molar-refractivity contribution is 5.93. The maximum atomic E-state index is 11.7. The summed E-state index contributed by atoms with van der Waals surface area (Å²) >= 11 is 0. The highest BCUT2D eigenvalue weighted by Crippen LogP contribution is 2.16. The number of rotatable bonds is 5. The predicted octanol–water partition coefficient (Wildman–Crippen LogP) is 2.94. The van der Waals surface area contributed by atoms with Gasteiger partial charge in [0.15, 0.2) is 0 Å². The van der Waals surface area contributed by atoms with Crippen molar-refractivity contribution in [1.82, 2.24) is 5.32 Å². The van der Waals surface area contributed by atoms with Crippen molar-refractivity contribution in [1.29, 1.82) is 0 Å². The fourth-order valence-corrected chi connectivity index (χ4v) is 1.56. The molecular formula is C16H24N2O4.